The van der Waals surface area contributed by atoms with Crippen LogP contribution in [0, 0.1) is 0 Å². The van der Waals surface area contributed by atoms with Crippen molar-refractivity contribution >= 4 is 15.9 Å². The van der Waals surface area contributed by atoms with Crippen LogP contribution in [0.1, 0.15) is 18.4 Å². The first-order chi connectivity index (χ1) is 10.1. The van der Waals surface area contributed by atoms with Crippen LogP contribution < -0.4 is 16.0 Å². The molecule has 6 heteroatoms. The summed E-state index contributed by atoms with van der Waals surface area (Å²) in [6, 6.07) is 5.98. The fraction of sp³-hybridized carbons (Fsp3) is 0.600. The van der Waals surface area contributed by atoms with Crippen LogP contribution in [-0.2, 0) is 15.9 Å². The smallest absolute Gasteiger partial charge is 0.122 e. The number of hydrogen-bond donors (Lipinski definition) is 2. The van der Waals surface area contributed by atoms with Crippen LogP contribution in [0.4, 0.5) is 0 Å². The summed E-state index contributed by atoms with van der Waals surface area (Å²) < 4.78 is 17.8. The highest BCUT2D eigenvalue weighted by Gasteiger charge is 2.40. The van der Waals surface area contributed by atoms with Gasteiger partial charge >= 0.3 is 0 Å². The van der Waals surface area contributed by atoms with E-state index >= 15 is 0 Å². The third-order valence-electron chi connectivity index (χ3n) is 4.25. The molecule has 0 spiro atoms. The predicted octanol–water partition coefficient (Wildman–Crippen LogP) is 2.03. The lowest BCUT2D eigenvalue weighted by Gasteiger charge is -2.42. The molecule has 0 aromatic heterocycles. The zero-order valence-corrected chi connectivity index (χ0v) is 14.1. The molecule has 118 valence electrons. The molecule has 1 fully saturated rings. The summed E-state index contributed by atoms with van der Waals surface area (Å²) in [5.41, 5.74) is 3.72. The Morgan fingerprint density at radius 3 is 2.67 bits per heavy atom. The van der Waals surface area contributed by atoms with Gasteiger partial charge in [-0.2, -0.15) is 0 Å². The van der Waals surface area contributed by atoms with Gasteiger partial charge in [0.15, 0.2) is 0 Å². The van der Waals surface area contributed by atoms with Crippen molar-refractivity contribution in [2.24, 2.45) is 5.84 Å². The van der Waals surface area contributed by atoms with Crippen molar-refractivity contribution in [3.05, 3.63) is 28.2 Å². The standard InChI is InChI=1S/C15H23BrN2O3/c1-19-13-4-3-12(16)9-11(13)10-14(18-17)15(20-2)5-7-21-8-6-15/h3-4,9,14,18H,5-8,10,17H2,1-2H3. The normalized spacial score (nSPS) is 19.2. The molecule has 0 saturated carbocycles. The second kappa shape index (κ2) is 7.56. The van der Waals surface area contributed by atoms with E-state index in [1.165, 1.54) is 0 Å². The lowest BCUT2D eigenvalue weighted by atomic mass is 9.83. The Kier molecular flexibility index (Phi) is 6.01. The van der Waals surface area contributed by atoms with Crippen molar-refractivity contribution in [1.29, 1.82) is 0 Å². The molecule has 1 aliphatic heterocycles. The zero-order valence-electron chi connectivity index (χ0n) is 12.5. The Morgan fingerprint density at radius 1 is 1.38 bits per heavy atom. The van der Waals surface area contributed by atoms with E-state index in [0.29, 0.717) is 13.2 Å². The van der Waals surface area contributed by atoms with E-state index in [2.05, 4.69) is 27.4 Å². The summed E-state index contributed by atoms with van der Waals surface area (Å²) in [7, 11) is 3.42. The number of rotatable bonds is 6. The molecule has 1 aromatic carbocycles. The SMILES string of the molecule is COc1ccc(Br)cc1CC(NN)C1(OC)CCOCC1. The molecule has 3 N–H and O–H groups in total. The summed E-state index contributed by atoms with van der Waals surface area (Å²) in [6.45, 7) is 1.39. The number of nitrogens with one attached hydrogen (secondary N) is 1. The van der Waals surface area contributed by atoms with E-state index in [1.54, 1.807) is 14.2 Å². The molecule has 1 atom stereocenters. The van der Waals surface area contributed by atoms with Crippen LogP contribution in [-0.4, -0.2) is 39.1 Å². The lowest BCUT2D eigenvalue weighted by Crippen LogP contribution is -2.58. The summed E-state index contributed by atoms with van der Waals surface area (Å²) in [4.78, 5) is 0. The van der Waals surface area contributed by atoms with E-state index in [4.69, 9.17) is 20.1 Å². The first-order valence-electron chi connectivity index (χ1n) is 7.06. The quantitative estimate of drug-likeness (QED) is 0.601. The highest BCUT2D eigenvalue weighted by molar-refractivity contribution is 9.10. The van der Waals surface area contributed by atoms with Crippen LogP contribution in [0.2, 0.25) is 0 Å². The van der Waals surface area contributed by atoms with Gasteiger partial charge < -0.3 is 14.2 Å². The predicted molar refractivity (Wildman–Crippen MR) is 85.3 cm³/mol. The number of benzene rings is 1. The Hall–Kier alpha value is -0.660. The van der Waals surface area contributed by atoms with E-state index in [1.807, 2.05) is 12.1 Å². The molecule has 1 aromatic rings. The summed E-state index contributed by atoms with van der Waals surface area (Å²) >= 11 is 3.51. The molecule has 21 heavy (non-hydrogen) atoms. The van der Waals surface area contributed by atoms with Crippen LogP contribution in [0.25, 0.3) is 0 Å². The van der Waals surface area contributed by atoms with Crippen molar-refractivity contribution in [2.45, 2.75) is 30.9 Å². The monoisotopic (exact) mass is 358 g/mol. The minimum absolute atomic E-state index is 0.00500. The molecule has 0 radical (unpaired) electrons. The molecule has 1 saturated heterocycles. The van der Waals surface area contributed by atoms with Gasteiger partial charge in [-0.05, 0) is 30.2 Å². The topological polar surface area (TPSA) is 65.7 Å². The average molecular weight is 359 g/mol. The third kappa shape index (κ3) is 3.76. The molecule has 0 aliphatic carbocycles. The maximum atomic E-state index is 5.83. The fourth-order valence-corrected chi connectivity index (χ4v) is 3.34. The van der Waals surface area contributed by atoms with Gasteiger partial charge in [0.2, 0.25) is 0 Å². The number of ether oxygens (including phenoxy) is 3. The van der Waals surface area contributed by atoms with Gasteiger partial charge in [-0.1, -0.05) is 15.9 Å². The Labute approximate surface area is 134 Å². The minimum atomic E-state index is -0.305. The number of nitrogens with two attached hydrogens (primary N) is 1. The van der Waals surface area contributed by atoms with Crippen molar-refractivity contribution in [1.82, 2.24) is 5.43 Å². The van der Waals surface area contributed by atoms with Gasteiger partial charge in [-0.15, -0.1) is 0 Å². The van der Waals surface area contributed by atoms with Crippen molar-refractivity contribution in [3.63, 3.8) is 0 Å². The van der Waals surface area contributed by atoms with Gasteiger partial charge in [-0.25, -0.2) is 0 Å². The molecule has 5 nitrogen and oxygen atoms in total. The highest BCUT2D eigenvalue weighted by atomic mass is 79.9. The second-order valence-electron chi connectivity index (χ2n) is 5.26. The lowest BCUT2D eigenvalue weighted by molar-refractivity contribution is -0.110. The molecule has 1 heterocycles. The molecule has 1 unspecified atom stereocenters. The molecular weight excluding hydrogens is 336 g/mol. The summed E-state index contributed by atoms with van der Waals surface area (Å²) in [5, 5.41) is 0. The van der Waals surface area contributed by atoms with E-state index in [-0.39, 0.29) is 11.6 Å². The van der Waals surface area contributed by atoms with Crippen LogP contribution in [0.3, 0.4) is 0 Å². The fourth-order valence-electron chi connectivity index (χ4n) is 2.94. The van der Waals surface area contributed by atoms with E-state index in [0.717, 1.165) is 35.0 Å². The highest BCUT2D eigenvalue weighted by Crippen LogP contribution is 2.32. The Bertz CT molecular complexity index is 464. The first kappa shape index (κ1) is 16.7. The number of hydrazine groups is 1. The molecule has 0 amide bonds. The van der Waals surface area contributed by atoms with Gasteiger partial charge in [0.1, 0.15) is 5.75 Å². The van der Waals surface area contributed by atoms with Gasteiger partial charge in [0, 0.05) is 37.6 Å². The minimum Gasteiger partial charge on any atom is -0.496 e. The molecule has 1 aliphatic rings. The van der Waals surface area contributed by atoms with Crippen LogP contribution in [0.5, 0.6) is 5.75 Å². The molecular formula is C15H23BrN2O3. The number of halogens is 1. The third-order valence-corrected chi connectivity index (χ3v) is 4.74. The zero-order chi connectivity index (χ0) is 15.3. The van der Waals surface area contributed by atoms with Crippen molar-refractivity contribution in [2.75, 3.05) is 27.4 Å². The van der Waals surface area contributed by atoms with Gasteiger partial charge in [0.05, 0.1) is 18.8 Å². The van der Waals surface area contributed by atoms with Crippen molar-refractivity contribution < 1.29 is 14.2 Å². The number of methoxy groups -OCH3 is 2. The maximum absolute atomic E-state index is 5.83. The molecule has 0 bridgehead atoms. The van der Waals surface area contributed by atoms with Crippen LogP contribution in [0.15, 0.2) is 22.7 Å². The number of hydrogen-bond acceptors (Lipinski definition) is 5. The van der Waals surface area contributed by atoms with E-state index < -0.39 is 0 Å². The second-order valence-corrected chi connectivity index (χ2v) is 6.18. The van der Waals surface area contributed by atoms with Gasteiger partial charge in [-0.3, -0.25) is 11.3 Å². The summed E-state index contributed by atoms with van der Waals surface area (Å²) in [5.74, 6) is 6.68. The summed E-state index contributed by atoms with van der Waals surface area (Å²) in [6.07, 6.45) is 2.39. The average Bonchev–Trinajstić information content (AvgIpc) is 2.53. The molecule has 2 rings (SSSR count). The van der Waals surface area contributed by atoms with E-state index in [9.17, 15) is 0 Å². The maximum Gasteiger partial charge on any atom is 0.122 e. The van der Waals surface area contributed by atoms with Gasteiger partial charge in [0.25, 0.3) is 0 Å². The van der Waals surface area contributed by atoms with Crippen LogP contribution >= 0.6 is 15.9 Å². The largest absolute Gasteiger partial charge is 0.496 e. The Balaban J connectivity index is 2.23. The first-order valence-corrected chi connectivity index (χ1v) is 7.86. The van der Waals surface area contributed by atoms with Crippen molar-refractivity contribution in [3.8, 4) is 5.75 Å². The Morgan fingerprint density at radius 2 is 2.10 bits per heavy atom.